The molecule has 0 saturated heterocycles. The van der Waals surface area contributed by atoms with Crippen LogP contribution in [0.4, 0.5) is 4.39 Å². The van der Waals surface area contributed by atoms with Gasteiger partial charge in [0.15, 0.2) is 0 Å². The van der Waals surface area contributed by atoms with Crippen LogP contribution in [0.5, 0.6) is 0 Å². The highest BCUT2D eigenvalue weighted by atomic mass is 19.1. The van der Waals surface area contributed by atoms with Crippen molar-refractivity contribution in [1.82, 2.24) is 0 Å². The minimum Gasteiger partial charge on any atom is -0.464 e. The van der Waals surface area contributed by atoms with Crippen LogP contribution in [0, 0.1) is 5.82 Å². The van der Waals surface area contributed by atoms with Crippen LogP contribution in [0.25, 0.3) is 11.0 Å². The average Bonchev–Trinajstić information content (AvgIpc) is 2.88. The lowest BCUT2D eigenvalue weighted by Gasteiger charge is -2.14. The van der Waals surface area contributed by atoms with E-state index in [2.05, 4.69) is 0 Å². The molecule has 2 N–H and O–H groups in total. The summed E-state index contributed by atoms with van der Waals surface area (Å²) in [5.74, 6) is -0.160. The second-order valence-corrected chi connectivity index (χ2v) is 4.24. The van der Waals surface area contributed by atoms with Gasteiger partial charge in [0, 0.05) is 22.9 Å². The lowest BCUT2D eigenvalue weighted by Crippen LogP contribution is -2.21. The van der Waals surface area contributed by atoms with Crippen molar-refractivity contribution >= 4 is 11.0 Å². The van der Waals surface area contributed by atoms with Gasteiger partial charge in [-0.05, 0) is 31.0 Å². The van der Waals surface area contributed by atoms with Gasteiger partial charge in [-0.2, -0.15) is 0 Å². The predicted octanol–water partition coefficient (Wildman–Crippen LogP) is 2.56. The van der Waals surface area contributed by atoms with Crippen LogP contribution in [0.15, 0.2) is 28.9 Å². The maximum absolute atomic E-state index is 13.8. The van der Waals surface area contributed by atoms with Gasteiger partial charge in [0.05, 0.1) is 6.26 Å². The van der Waals surface area contributed by atoms with E-state index in [1.807, 2.05) is 6.07 Å². The monoisotopic (exact) mass is 205 g/mol. The second-order valence-electron chi connectivity index (χ2n) is 4.24. The highest BCUT2D eigenvalue weighted by molar-refractivity contribution is 5.83. The molecule has 0 aliphatic heterocycles. The number of furan rings is 1. The molecule has 1 aliphatic carbocycles. The van der Waals surface area contributed by atoms with Gasteiger partial charge in [-0.15, -0.1) is 0 Å². The molecule has 78 valence electrons. The average molecular weight is 205 g/mol. The van der Waals surface area contributed by atoms with Crippen molar-refractivity contribution in [1.29, 1.82) is 0 Å². The molecule has 1 heterocycles. The summed E-state index contributed by atoms with van der Waals surface area (Å²) in [6.07, 6.45) is 3.55. The van der Waals surface area contributed by atoms with Gasteiger partial charge in [0.1, 0.15) is 11.4 Å². The van der Waals surface area contributed by atoms with Gasteiger partial charge < -0.3 is 10.2 Å². The molecular weight excluding hydrogens is 193 g/mol. The maximum Gasteiger partial charge on any atom is 0.134 e. The molecule has 2 aromatic rings. The van der Waals surface area contributed by atoms with Gasteiger partial charge in [0.2, 0.25) is 0 Å². The van der Waals surface area contributed by atoms with E-state index in [0.717, 1.165) is 29.4 Å². The van der Waals surface area contributed by atoms with Crippen LogP contribution in [0.1, 0.15) is 18.4 Å². The number of hydrogen-bond donors (Lipinski definition) is 1. The van der Waals surface area contributed by atoms with Crippen LogP contribution in [-0.2, 0) is 5.41 Å². The minimum absolute atomic E-state index is 0.131. The van der Waals surface area contributed by atoms with Crippen molar-refractivity contribution < 1.29 is 8.81 Å². The molecule has 1 saturated carbocycles. The van der Waals surface area contributed by atoms with E-state index >= 15 is 0 Å². The molecule has 0 radical (unpaired) electrons. The highest BCUT2D eigenvalue weighted by Gasteiger charge is 2.45. The quantitative estimate of drug-likeness (QED) is 0.818. The molecule has 1 aliphatic rings. The standard InChI is InChI=1S/C12H12FNO/c13-9-1-2-10-8(3-6-15-10)11(9)12(7-14)4-5-12/h1-3,6H,4-5,7,14H2. The third-order valence-corrected chi connectivity index (χ3v) is 3.36. The molecule has 1 aromatic carbocycles. The van der Waals surface area contributed by atoms with E-state index in [1.165, 1.54) is 6.07 Å². The molecule has 1 aromatic heterocycles. The third kappa shape index (κ3) is 1.13. The number of halogens is 1. The van der Waals surface area contributed by atoms with E-state index in [-0.39, 0.29) is 11.2 Å². The molecule has 3 rings (SSSR count). The largest absolute Gasteiger partial charge is 0.464 e. The summed E-state index contributed by atoms with van der Waals surface area (Å²) in [5.41, 5.74) is 7.09. The Morgan fingerprint density at radius 2 is 2.13 bits per heavy atom. The predicted molar refractivity (Wildman–Crippen MR) is 56.1 cm³/mol. The molecule has 2 nitrogen and oxygen atoms in total. The molecular formula is C12H12FNO. The SMILES string of the molecule is NCC1(c2c(F)ccc3occc23)CC1. The van der Waals surface area contributed by atoms with Crippen molar-refractivity contribution in [3.05, 3.63) is 35.8 Å². The van der Waals surface area contributed by atoms with Gasteiger partial charge in [0.25, 0.3) is 0 Å². The van der Waals surface area contributed by atoms with Crippen molar-refractivity contribution in [2.45, 2.75) is 18.3 Å². The number of hydrogen-bond acceptors (Lipinski definition) is 2. The molecule has 0 amide bonds. The Morgan fingerprint density at radius 3 is 2.80 bits per heavy atom. The molecule has 1 fully saturated rings. The van der Waals surface area contributed by atoms with Gasteiger partial charge >= 0.3 is 0 Å². The van der Waals surface area contributed by atoms with Crippen LogP contribution >= 0.6 is 0 Å². The van der Waals surface area contributed by atoms with E-state index in [9.17, 15) is 4.39 Å². The van der Waals surface area contributed by atoms with Crippen LogP contribution < -0.4 is 5.73 Å². The molecule has 0 spiro atoms. The minimum atomic E-state index is -0.160. The summed E-state index contributed by atoms with van der Waals surface area (Å²) in [7, 11) is 0. The van der Waals surface area contributed by atoms with Crippen molar-refractivity contribution in [3.63, 3.8) is 0 Å². The van der Waals surface area contributed by atoms with E-state index in [4.69, 9.17) is 10.2 Å². The summed E-state index contributed by atoms with van der Waals surface area (Å²) in [6.45, 7) is 0.508. The highest BCUT2D eigenvalue weighted by Crippen LogP contribution is 2.50. The summed E-state index contributed by atoms with van der Waals surface area (Å²) in [4.78, 5) is 0. The lowest BCUT2D eigenvalue weighted by atomic mass is 9.92. The zero-order chi connectivity index (χ0) is 10.5. The Morgan fingerprint density at radius 1 is 1.33 bits per heavy atom. The number of benzene rings is 1. The smallest absolute Gasteiger partial charge is 0.134 e. The fourth-order valence-corrected chi connectivity index (χ4v) is 2.26. The molecule has 0 unspecified atom stereocenters. The summed E-state index contributed by atoms with van der Waals surface area (Å²) >= 11 is 0. The van der Waals surface area contributed by atoms with Crippen molar-refractivity contribution in [3.8, 4) is 0 Å². The number of fused-ring (bicyclic) bond motifs is 1. The summed E-state index contributed by atoms with van der Waals surface area (Å²) in [5, 5.41) is 0.873. The Hall–Kier alpha value is -1.35. The Bertz CT molecular complexity index is 513. The zero-order valence-electron chi connectivity index (χ0n) is 8.29. The van der Waals surface area contributed by atoms with E-state index < -0.39 is 0 Å². The molecule has 15 heavy (non-hydrogen) atoms. The van der Waals surface area contributed by atoms with Gasteiger partial charge in [-0.1, -0.05) is 0 Å². The first kappa shape index (κ1) is 8.92. The van der Waals surface area contributed by atoms with E-state index in [1.54, 1.807) is 12.3 Å². The normalized spacial score (nSPS) is 18.3. The molecule has 0 atom stereocenters. The van der Waals surface area contributed by atoms with Crippen LogP contribution in [0.2, 0.25) is 0 Å². The second kappa shape index (κ2) is 2.83. The van der Waals surface area contributed by atoms with Crippen molar-refractivity contribution in [2.75, 3.05) is 6.54 Å². The first-order valence-corrected chi connectivity index (χ1v) is 5.13. The Labute approximate surface area is 86.9 Å². The number of rotatable bonds is 2. The summed E-state index contributed by atoms with van der Waals surface area (Å²) < 4.78 is 19.1. The Kier molecular flexibility index (Phi) is 1.68. The molecule has 3 heteroatoms. The van der Waals surface area contributed by atoms with Gasteiger partial charge in [-0.25, -0.2) is 4.39 Å². The first-order chi connectivity index (χ1) is 7.27. The van der Waals surface area contributed by atoms with E-state index in [0.29, 0.717) is 6.54 Å². The topological polar surface area (TPSA) is 39.2 Å². The van der Waals surface area contributed by atoms with Crippen LogP contribution in [-0.4, -0.2) is 6.54 Å². The summed E-state index contributed by atoms with van der Waals surface area (Å²) in [6, 6.07) is 4.96. The fourth-order valence-electron chi connectivity index (χ4n) is 2.26. The molecule has 0 bridgehead atoms. The lowest BCUT2D eigenvalue weighted by molar-refractivity contribution is 0.574. The maximum atomic E-state index is 13.8. The number of nitrogens with two attached hydrogens (primary N) is 1. The van der Waals surface area contributed by atoms with Gasteiger partial charge in [-0.3, -0.25) is 0 Å². The fraction of sp³-hybridized carbons (Fsp3) is 0.333. The zero-order valence-corrected chi connectivity index (χ0v) is 8.29. The van der Waals surface area contributed by atoms with Crippen molar-refractivity contribution in [2.24, 2.45) is 5.73 Å². The van der Waals surface area contributed by atoms with Crippen LogP contribution in [0.3, 0.4) is 0 Å². The Balaban J connectivity index is 2.32. The third-order valence-electron chi connectivity index (χ3n) is 3.36. The first-order valence-electron chi connectivity index (χ1n) is 5.13.